The number of epoxide rings is 1. The number of benzene rings is 2. The predicted octanol–water partition coefficient (Wildman–Crippen LogP) is 3.80. The lowest BCUT2D eigenvalue weighted by Crippen LogP contribution is -2.08. The van der Waals surface area contributed by atoms with Crippen molar-refractivity contribution in [2.75, 3.05) is 0 Å². The van der Waals surface area contributed by atoms with Crippen molar-refractivity contribution in [1.29, 1.82) is 0 Å². The topological polar surface area (TPSA) is 29.6 Å². The number of carbonyl (C=O) groups is 1. The number of Topliss-reactive ketones (excluding diaryl/α,β-unsaturated/α-hetero) is 1. The highest BCUT2D eigenvalue weighted by Gasteiger charge is 2.46. The highest BCUT2D eigenvalue weighted by molar-refractivity contribution is 6.30. The summed E-state index contributed by atoms with van der Waals surface area (Å²) in [4.78, 5) is 12.1. The van der Waals surface area contributed by atoms with E-state index in [1.807, 2.05) is 12.1 Å². The lowest BCUT2D eigenvalue weighted by molar-refractivity contribution is 0.0953. The molecule has 2 atom stereocenters. The third-order valence-corrected chi connectivity index (χ3v) is 3.33. The first kappa shape index (κ1) is 12.3. The van der Waals surface area contributed by atoms with Gasteiger partial charge < -0.3 is 4.74 Å². The van der Waals surface area contributed by atoms with Crippen LogP contribution in [0, 0.1) is 5.82 Å². The van der Waals surface area contributed by atoms with Crippen LogP contribution in [0.1, 0.15) is 22.0 Å². The molecule has 0 spiro atoms. The van der Waals surface area contributed by atoms with Gasteiger partial charge in [0.25, 0.3) is 0 Å². The molecule has 0 N–H and O–H groups in total. The number of rotatable bonds is 3. The normalized spacial score (nSPS) is 21.2. The molecule has 2 aromatic rings. The minimum atomic E-state index is -0.480. The molecule has 1 fully saturated rings. The van der Waals surface area contributed by atoms with E-state index in [-0.39, 0.29) is 17.7 Å². The first-order valence-corrected chi connectivity index (χ1v) is 6.23. The molecule has 0 saturated carbocycles. The molecule has 19 heavy (non-hydrogen) atoms. The predicted molar refractivity (Wildman–Crippen MR) is 69.8 cm³/mol. The van der Waals surface area contributed by atoms with Crippen LogP contribution in [-0.4, -0.2) is 11.9 Å². The smallest absolute Gasteiger partial charge is 0.194 e. The maximum absolute atomic E-state index is 12.8. The number of hydrogen-bond donors (Lipinski definition) is 0. The SMILES string of the molecule is O=C(c1ccc(F)cc1)C1OC1c1ccc(Cl)cc1. The maximum atomic E-state index is 12.8. The molecular formula is C15H10ClFO2. The Morgan fingerprint density at radius 3 is 2.32 bits per heavy atom. The Balaban J connectivity index is 1.74. The maximum Gasteiger partial charge on any atom is 0.194 e. The highest BCUT2D eigenvalue weighted by atomic mass is 35.5. The van der Waals surface area contributed by atoms with Crippen LogP contribution in [0.3, 0.4) is 0 Å². The van der Waals surface area contributed by atoms with E-state index in [4.69, 9.17) is 16.3 Å². The highest BCUT2D eigenvalue weighted by Crippen LogP contribution is 2.40. The van der Waals surface area contributed by atoms with E-state index >= 15 is 0 Å². The molecule has 2 aromatic carbocycles. The van der Waals surface area contributed by atoms with Crippen LogP contribution in [0.15, 0.2) is 48.5 Å². The molecule has 0 aliphatic carbocycles. The summed E-state index contributed by atoms with van der Waals surface area (Å²) in [6, 6.07) is 12.7. The van der Waals surface area contributed by atoms with Crippen molar-refractivity contribution in [3.05, 3.63) is 70.5 Å². The van der Waals surface area contributed by atoms with E-state index in [9.17, 15) is 9.18 Å². The first-order valence-electron chi connectivity index (χ1n) is 5.86. The minimum Gasteiger partial charge on any atom is -0.356 e. The second kappa shape index (κ2) is 4.76. The zero-order valence-electron chi connectivity index (χ0n) is 9.85. The van der Waals surface area contributed by atoms with Gasteiger partial charge in [-0.15, -0.1) is 0 Å². The van der Waals surface area contributed by atoms with Gasteiger partial charge in [0.15, 0.2) is 11.9 Å². The first-order chi connectivity index (χ1) is 9.15. The Morgan fingerprint density at radius 2 is 1.68 bits per heavy atom. The largest absolute Gasteiger partial charge is 0.356 e. The summed E-state index contributed by atoms with van der Waals surface area (Å²) in [7, 11) is 0. The number of carbonyl (C=O) groups excluding carboxylic acids is 1. The van der Waals surface area contributed by atoms with Crippen LogP contribution in [0.25, 0.3) is 0 Å². The number of ether oxygens (including phenoxy) is 1. The second-order valence-electron chi connectivity index (χ2n) is 4.40. The summed E-state index contributed by atoms with van der Waals surface area (Å²) in [5, 5.41) is 0.644. The lowest BCUT2D eigenvalue weighted by atomic mass is 10.0. The van der Waals surface area contributed by atoms with Crippen molar-refractivity contribution in [1.82, 2.24) is 0 Å². The molecule has 4 heteroatoms. The summed E-state index contributed by atoms with van der Waals surface area (Å²) in [5.74, 6) is -0.484. The van der Waals surface area contributed by atoms with Gasteiger partial charge in [-0.3, -0.25) is 4.79 Å². The zero-order valence-corrected chi connectivity index (χ0v) is 10.6. The molecule has 2 nitrogen and oxygen atoms in total. The van der Waals surface area contributed by atoms with E-state index in [0.717, 1.165) is 5.56 Å². The van der Waals surface area contributed by atoms with Crippen LogP contribution < -0.4 is 0 Å². The van der Waals surface area contributed by atoms with Gasteiger partial charge in [-0.2, -0.15) is 0 Å². The van der Waals surface area contributed by atoms with Gasteiger partial charge in [0.2, 0.25) is 0 Å². The van der Waals surface area contributed by atoms with Gasteiger partial charge in [0.05, 0.1) is 0 Å². The summed E-state index contributed by atoms with van der Waals surface area (Å²) in [5.41, 5.74) is 1.38. The summed E-state index contributed by atoms with van der Waals surface area (Å²) in [6.07, 6.45) is -0.707. The molecule has 2 unspecified atom stereocenters. The molecule has 1 saturated heterocycles. The van der Waals surface area contributed by atoms with Crippen molar-refractivity contribution in [3.63, 3.8) is 0 Å². The number of halogens is 2. The Labute approximate surface area is 114 Å². The summed E-state index contributed by atoms with van der Waals surface area (Å²) >= 11 is 5.80. The molecule has 1 aliphatic heterocycles. The van der Waals surface area contributed by atoms with Gasteiger partial charge in [-0.25, -0.2) is 4.39 Å². The molecule has 1 heterocycles. The number of hydrogen-bond acceptors (Lipinski definition) is 2. The Kier molecular flexibility index (Phi) is 3.09. The van der Waals surface area contributed by atoms with Crippen molar-refractivity contribution < 1.29 is 13.9 Å². The molecule has 96 valence electrons. The van der Waals surface area contributed by atoms with Crippen LogP contribution in [-0.2, 0) is 4.74 Å². The van der Waals surface area contributed by atoms with Gasteiger partial charge in [0.1, 0.15) is 11.9 Å². The Hall–Kier alpha value is -1.71. The molecule has 1 aliphatic rings. The molecular weight excluding hydrogens is 267 g/mol. The summed E-state index contributed by atoms with van der Waals surface area (Å²) in [6.45, 7) is 0. The second-order valence-corrected chi connectivity index (χ2v) is 4.84. The standard InChI is InChI=1S/C15H10ClFO2/c16-11-5-1-10(2-6-11)14-15(19-14)13(18)9-3-7-12(17)8-4-9/h1-8,14-15H. The summed E-state index contributed by atoms with van der Waals surface area (Å²) < 4.78 is 18.2. The number of ketones is 1. The van der Waals surface area contributed by atoms with E-state index in [1.54, 1.807) is 12.1 Å². The van der Waals surface area contributed by atoms with Crippen molar-refractivity contribution in [2.45, 2.75) is 12.2 Å². The third-order valence-electron chi connectivity index (χ3n) is 3.08. The molecule has 0 radical (unpaired) electrons. The van der Waals surface area contributed by atoms with Gasteiger partial charge in [0, 0.05) is 10.6 Å². The van der Waals surface area contributed by atoms with E-state index in [2.05, 4.69) is 0 Å². The quantitative estimate of drug-likeness (QED) is 0.630. The van der Waals surface area contributed by atoms with Crippen LogP contribution >= 0.6 is 11.6 Å². The molecule has 0 bridgehead atoms. The van der Waals surface area contributed by atoms with Crippen LogP contribution in [0.4, 0.5) is 4.39 Å². The van der Waals surface area contributed by atoms with Crippen molar-refractivity contribution in [3.8, 4) is 0 Å². The minimum absolute atomic E-state index is 0.125. The Bertz CT molecular complexity index is 607. The monoisotopic (exact) mass is 276 g/mol. The fourth-order valence-corrected chi connectivity index (χ4v) is 2.12. The lowest BCUT2D eigenvalue weighted by Gasteiger charge is -1.98. The molecule has 3 rings (SSSR count). The van der Waals surface area contributed by atoms with Gasteiger partial charge >= 0.3 is 0 Å². The Morgan fingerprint density at radius 1 is 1.05 bits per heavy atom. The van der Waals surface area contributed by atoms with Crippen LogP contribution in [0.2, 0.25) is 5.02 Å². The third kappa shape index (κ3) is 2.53. The van der Waals surface area contributed by atoms with Crippen LogP contribution in [0.5, 0.6) is 0 Å². The fourth-order valence-electron chi connectivity index (χ4n) is 2.00. The average Bonchev–Trinajstić information content (AvgIpc) is 3.20. The van der Waals surface area contributed by atoms with E-state index in [1.165, 1.54) is 24.3 Å². The molecule has 0 aromatic heterocycles. The van der Waals surface area contributed by atoms with E-state index in [0.29, 0.717) is 10.6 Å². The zero-order chi connectivity index (χ0) is 13.4. The van der Waals surface area contributed by atoms with Crippen molar-refractivity contribution >= 4 is 17.4 Å². The van der Waals surface area contributed by atoms with Crippen molar-refractivity contribution in [2.24, 2.45) is 0 Å². The van der Waals surface area contributed by atoms with Gasteiger partial charge in [-0.1, -0.05) is 23.7 Å². The van der Waals surface area contributed by atoms with Gasteiger partial charge in [-0.05, 0) is 42.0 Å². The average molecular weight is 277 g/mol. The molecule has 0 amide bonds. The van der Waals surface area contributed by atoms with E-state index < -0.39 is 6.10 Å². The fraction of sp³-hybridized carbons (Fsp3) is 0.133.